The minimum atomic E-state index is -0.0683. The Labute approximate surface area is 142 Å². The molecule has 2 aromatic carbocycles. The molecule has 0 aromatic heterocycles. The molecule has 5 heteroatoms. The first-order chi connectivity index (χ1) is 11.7. The fraction of sp³-hybridized carbons (Fsp3) is 0.316. The molecule has 2 aromatic rings. The van der Waals surface area contributed by atoms with Gasteiger partial charge in [-0.1, -0.05) is 24.3 Å². The Morgan fingerprint density at radius 3 is 2.25 bits per heavy atom. The zero-order valence-electron chi connectivity index (χ0n) is 14.1. The molecule has 0 unspecified atom stereocenters. The molecular weight excluding hydrogens is 306 g/mol. The molecule has 0 bridgehead atoms. The van der Waals surface area contributed by atoms with E-state index in [1.165, 1.54) is 0 Å². The van der Waals surface area contributed by atoms with Gasteiger partial charge in [0.1, 0.15) is 5.75 Å². The summed E-state index contributed by atoms with van der Waals surface area (Å²) in [6.07, 6.45) is 0.982. The van der Waals surface area contributed by atoms with Crippen LogP contribution in [0.15, 0.2) is 48.5 Å². The van der Waals surface area contributed by atoms with Crippen LogP contribution in [-0.4, -0.2) is 26.2 Å². The van der Waals surface area contributed by atoms with Crippen molar-refractivity contribution in [2.45, 2.75) is 19.8 Å². The quantitative estimate of drug-likeness (QED) is 0.709. The summed E-state index contributed by atoms with van der Waals surface area (Å²) in [5, 5.41) is 2.85. The van der Waals surface area contributed by atoms with Crippen LogP contribution in [0, 0.1) is 0 Å². The first kappa shape index (κ1) is 17.7. The molecule has 1 amide bonds. The van der Waals surface area contributed by atoms with Crippen molar-refractivity contribution in [3.63, 3.8) is 0 Å². The van der Waals surface area contributed by atoms with E-state index in [4.69, 9.17) is 14.2 Å². The lowest BCUT2D eigenvalue weighted by atomic mass is 10.2. The van der Waals surface area contributed by atoms with Crippen molar-refractivity contribution in [3.8, 4) is 17.2 Å². The molecule has 0 heterocycles. The molecule has 0 radical (unpaired) electrons. The van der Waals surface area contributed by atoms with Crippen molar-refractivity contribution in [2.75, 3.05) is 25.6 Å². The highest BCUT2D eigenvalue weighted by molar-refractivity contribution is 5.92. The van der Waals surface area contributed by atoms with Crippen molar-refractivity contribution in [2.24, 2.45) is 0 Å². The predicted molar refractivity (Wildman–Crippen MR) is 94.0 cm³/mol. The Morgan fingerprint density at radius 1 is 0.958 bits per heavy atom. The first-order valence-corrected chi connectivity index (χ1v) is 8.02. The molecule has 0 fully saturated rings. The van der Waals surface area contributed by atoms with Crippen LogP contribution in [-0.2, 0) is 4.79 Å². The fourth-order valence-electron chi connectivity index (χ4n) is 2.22. The van der Waals surface area contributed by atoms with Gasteiger partial charge < -0.3 is 19.5 Å². The maximum absolute atomic E-state index is 12.0. The smallest absolute Gasteiger partial charge is 0.224 e. The van der Waals surface area contributed by atoms with Gasteiger partial charge in [0.15, 0.2) is 11.5 Å². The van der Waals surface area contributed by atoms with E-state index in [1.54, 1.807) is 7.11 Å². The van der Waals surface area contributed by atoms with Gasteiger partial charge in [-0.05, 0) is 37.6 Å². The number of nitrogens with one attached hydrogen (secondary N) is 1. The molecule has 5 nitrogen and oxygen atoms in total. The van der Waals surface area contributed by atoms with Crippen LogP contribution in [0.1, 0.15) is 19.8 Å². The SMILES string of the molecule is CCOc1ccccc1OCCCC(=O)Nc1ccccc1OC. The zero-order valence-corrected chi connectivity index (χ0v) is 14.1. The molecule has 128 valence electrons. The lowest BCUT2D eigenvalue weighted by Crippen LogP contribution is -2.13. The van der Waals surface area contributed by atoms with Crippen LogP contribution >= 0.6 is 0 Å². The number of hydrogen-bond acceptors (Lipinski definition) is 4. The Morgan fingerprint density at radius 2 is 1.58 bits per heavy atom. The lowest BCUT2D eigenvalue weighted by molar-refractivity contribution is -0.116. The van der Waals surface area contributed by atoms with Gasteiger partial charge in [0, 0.05) is 6.42 Å². The molecule has 1 N–H and O–H groups in total. The van der Waals surface area contributed by atoms with Crippen LogP contribution in [0.4, 0.5) is 5.69 Å². The number of carbonyl (C=O) groups is 1. The van der Waals surface area contributed by atoms with Gasteiger partial charge in [0.05, 0.1) is 26.0 Å². The molecule has 0 aliphatic heterocycles. The number of para-hydroxylation sites is 4. The van der Waals surface area contributed by atoms with Crippen LogP contribution in [0.2, 0.25) is 0 Å². The molecule has 0 aliphatic rings. The zero-order chi connectivity index (χ0) is 17.2. The maximum atomic E-state index is 12.0. The molecule has 0 aliphatic carbocycles. The van der Waals surface area contributed by atoms with Crippen LogP contribution in [0.25, 0.3) is 0 Å². The number of amides is 1. The molecule has 2 rings (SSSR count). The Kier molecular flexibility index (Phi) is 6.95. The molecule has 0 spiro atoms. The van der Waals surface area contributed by atoms with E-state index in [0.717, 1.165) is 5.75 Å². The van der Waals surface area contributed by atoms with Gasteiger partial charge in [0.25, 0.3) is 0 Å². The van der Waals surface area contributed by atoms with Crippen molar-refractivity contribution in [3.05, 3.63) is 48.5 Å². The van der Waals surface area contributed by atoms with Crippen molar-refractivity contribution < 1.29 is 19.0 Å². The number of benzene rings is 2. The third-order valence-corrected chi connectivity index (χ3v) is 3.34. The minimum absolute atomic E-state index is 0.0683. The molecule has 0 saturated carbocycles. The second-order valence-electron chi connectivity index (χ2n) is 5.08. The van der Waals surface area contributed by atoms with Crippen molar-refractivity contribution in [1.29, 1.82) is 0 Å². The number of carbonyl (C=O) groups excluding carboxylic acids is 1. The van der Waals surface area contributed by atoms with Gasteiger partial charge in [-0.2, -0.15) is 0 Å². The summed E-state index contributed by atoms with van der Waals surface area (Å²) in [7, 11) is 1.58. The summed E-state index contributed by atoms with van der Waals surface area (Å²) < 4.78 is 16.4. The second kappa shape index (κ2) is 9.45. The average Bonchev–Trinajstić information content (AvgIpc) is 2.61. The van der Waals surface area contributed by atoms with E-state index in [-0.39, 0.29) is 5.91 Å². The van der Waals surface area contributed by atoms with E-state index in [0.29, 0.717) is 43.2 Å². The molecule has 0 saturated heterocycles. The number of rotatable bonds is 9. The van der Waals surface area contributed by atoms with Gasteiger partial charge in [-0.25, -0.2) is 0 Å². The highest BCUT2D eigenvalue weighted by Gasteiger charge is 2.08. The minimum Gasteiger partial charge on any atom is -0.495 e. The van der Waals surface area contributed by atoms with E-state index in [2.05, 4.69) is 5.32 Å². The van der Waals surface area contributed by atoms with E-state index in [1.807, 2.05) is 55.5 Å². The van der Waals surface area contributed by atoms with Crippen LogP contribution < -0.4 is 19.5 Å². The van der Waals surface area contributed by atoms with Gasteiger partial charge in [0.2, 0.25) is 5.91 Å². The van der Waals surface area contributed by atoms with E-state index >= 15 is 0 Å². The third-order valence-electron chi connectivity index (χ3n) is 3.34. The maximum Gasteiger partial charge on any atom is 0.224 e. The third kappa shape index (κ3) is 5.19. The van der Waals surface area contributed by atoms with Crippen LogP contribution in [0.5, 0.6) is 17.2 Å². The van der Waals surface area contributed by atoms with Gasteiger partial charge >= 0.3 is 0 Å². The lowest BCUT2D eigenvalue weighted by Gasteiger charge is -2.12. The predicted octanol–water partition coefficient (Wildman–Crippen LogP) is 3.89. The van der Waals surface area contributed by atoms with Crippen molar-refractivity contribution >= 4 is 11.6 Å². The van der Waals surface area contributed by atoms with Gasteiger partial charge in [-0.15, -0.1) is 0 Å². The highest BCUT2D eigenvalue weighted by atomic mass is 16.5. The summed E-state index contributed by atoms with van der Waals surface area (Å²) in [6.45, 7) is 2.96. The van der Waals surface area contributed by atoms with Crippen LogP contribution in [0.3, 0.4) is 0 Å². The van der Waals surface area contributed by atoms with Crippen molar-refractivity contribution in [1.82, 2.24) is 0 Å². The summed E-state index contributed by atoms with van der Waals surface area (Å²) in [5.41, 5.74) is 0.674. The number of methoxy groups -OCH3 is 1. The summed E-state index contributed by atoms with van der Waals surface area (Å²) in [4.78, 5) is 12.0. The van der Waals surface area contributed by atoms with E-state index in [9.17, 15) is 4.79 Å². The fourth-order valence-corrected chi connectivity index (χ4v) is 2.22. The normalized spacial score (nSPS) is 10.1. The summed E-state index contributed by atoms with van der Waals surface area (Å²) in [5.74, 6) is 2.00. The highest BCUT2D eigenvalue weighted by Crippen LogP contribution is 2.26. The molecule has 24 heavy (non-hydrogen) atoms. The summed E-state index contributed by atoms with van der Waals surface area (Å²) in [6, 6.07) is 14.9. The number of ether oxygens (including phenoxy) is 3. The van der Waals surface area contributed by atoms with E-state index < -0.39 is 0 Å². The molecule has 0 atom stereocenters. The Bertz CT molecular complexity index is 657. The first-order valence-electron chi connectivity index (χ1n) is 8.02. The topological polar surface area (TPSA) is 56.8 Å². The Balaban J connectivity index is 1.77. The molecular formula is C19H23NO4. The number of anilines is 1. The summed E-state index contributed by atoms with van der Waals surface area (Å²) >= 11 is 0. The second-order valence-corrected chi connectivity index (χ2v) is 5.08. The monoisotopic (exact) mass is 329 g/mol. The number of hydrogen-bond donors (Lipinski definition) is 1. The standard InChI is InChI=1S/C19H23NO4/c1-3-23-17-11-6-7-12-18(17)24-14-8-13-19(21)20-15-9-4-5-10-16(15)22-2/h4-7,9-12H,3,8,13-14H2,1-2H3,(H,20,21). The van der Waals surface area contributed by atoms with Gasteiger partial charge in [-0.3, -0.25) is 4.79 Å². The Hall–Kier alpha value is -2.69. The average molecular weight is 329 g/mol. The largest absolute Gasteiger partial charge is 0.495 e.